The Hall–Kier alpha value is -2.31. The standard InChI is InChI=1S/C13H18N4O3/c1-2-6-20-12-9(4-3-5-14-12)7-15-11(18)10-8-16-13(19)17-10/h3-5,10H,2,6-8H2,1H3,(H,15,18)(H2,16,17,19)/t10-/m0/s1. The highest BCUT2D eigenvalue weighted by Crippen LogP contribution is 2.14. The summed E-state index contributed by atoms with van der Waals surface area (Å²) in [5.41, 5.74) is 0.812. The number of carbonyl (C=O) groups excluding carboxylic acids is 2. The lowest BCUT2D eigenvalue weighted by molar-refractivity contribution is -0.122. The van der Waals surface area contributed by atoms with Crippen molar-refractivity contribution in [1.82, 2.24) is 20.9 Å². The molecule has 1 fully saturated rings. The minimum atomic E-state index is -0.529. The number of carbonyl (C=O) groups is 2. The lowest BCUT2D eigenvalue weighted by Crippen LogP contribution is -2.42. The van der Waals surface area contributed by atoms with E-state index in [1.54, 1.807) is 12.3 Å². The van der Waals surface area contributed by atoms with E-state index in [2.05, 4.69) is 20.9 Å². The number of hydrogen-bond donors (Lipinski definition) is 3. The smallest absolute Gasteiger partial charge is 0.315 e. The molecule has 3 N–H and O–H groups in total. The highest BCUT2D eigenvalue weighted by Gasteiger charge is 2.26. The zero-order valence-corrected chi connectivity index (χ0v) is 11.3. The van der Waals surface area contributed by atoms with Crippen LogP contribution in [0.2, 0.25) is 0 Å². The number of pyridine rings is 1. The van der Waals surface area contributed by atoms with E-state index >= 15 is 0 Å². The van der Waals surface area contributed by atoms with Gasteiger partial charge >= 0.3 is 6.03 Å². The van der Waals surface area contributed by atoms with Gasteiger partial charge in [0, 0.05) is 24.8 Å². The van der Waals surface area contributed by atoms with Crippen molar-refractivity contribution in [3.8, 4) is 5.88 Å². The molecule has 1 aromatic rings. The molecule has 1 aromatic heterocycles. The monoisotopic (exact) mass is 278 g/mol. The van der Waals surface area contributed by atoms with Gasteiger partial charge in [0.1, 0.15) is 6.04 Å². The molecule has 0 radical (unpaired) electrons. The summed E-state index contributed by atoms with van der Waals surface area (Å²) in [6.45, 7) is 3.22. The molecule has 1 saturated heterocycles. The molecule has 7 heteroatoms. The molecule has 0 spiro atoms. The molecular formula is C13H18N4O3. The second-order valence-electron chi connectivity index (χ2n) is 4.44. The molecule has 0 saturated carbocycles. The molecule has 0 aromatic carbocycles. The molecule has 2 rings (SSSR count). The second kappa shape index (κ2) is 6.74. The minimum Gasteiger partial charge on any atom is -0.477 e. The van der Waals surface area contributed by atoms with Crippen molar-refractivity contribution < 1.29 is 14.3 Å². The van der Waals surface area contributed by atoms with E-state index < -0.39 is 6.04 Å². The predicted molar refractivity (Wildman–Crippen MR) is 72.2 cm³/mol. The zero-order valence-electron chi connectivity index (χ0n) is 11.3. The number of aromatic nitrogens is 1. The van der Waals surface area contributed by atoms with Gasteiger partial charge in [0.15, 0.2) is 0 Å². The lowest BCUT2D eigenvalue weighted by Gasteiger charge is -2.12. The molecule has 1 aliphatic rings. The Morgan fingerprint density at radius 3 is 3.15 bits per heavy atom. The number of urea groups is 1. The van der Waals surface area contributed by atoms with Gasteiger partial charge in [-0.3, -0.25) is 4.79 Å². The summed E-state index contributed by atoms with van der Waals surface area (Å²) in [6, 6.07) is 2.79. The topological polar surface area (TPSA) is 92.3 Å². The van der Waals surface area contributed by atoms with Gasteiger partial charge in [0.05, 0.1) is 6.61 Å². The quantitative estimate of drug-likeness (QED) is 0.691. The summed E-state index contributed by atoms with van der Waals surface area (Å²) in [5.74, 6) is 0.303. The predicted octanol–water partition coefficient (Wildman–Crippen LogP) is 0.168. The van der Waals surface area contributed by atoms with Crippen molar-refractivity contribution in [2.75, 3.05) is 13.2 Å². The van der Waals surface area contributed by atoms with Crippen molar-refractivity contribution in [1.29, 1.82) is 0 Å². The van der Waals surface area contributed by atoms with Crippen molar-refractivity contribution in [2.45, 2.75) is 25.9 Å². The third kappa shape index (κ3) is 3.59. The lowest BCUT2D eigenvalue weighted by atomic mass is 10.2. The van der Waals surface area contributed by atoms with Gasteiger partial charge in [-0.2, -0.15) is 0 Å². The Morgan fingerprint density at radius 2 is 2.45 bits per heavy atom. The fourth-order valence-electron chi connectivity index (χ4n) is 1.81. The number of nitrogens with zero attached hydrogens (tertiary/aromatic N) is 1. The van der Waals surface area contributed by atoms with E-state index in [9.17, 15) is 9.59 Å². The molecule has 7 nitrogen and oxygen atoms in total. The Bertz CT molecular complexity index is 492. The van der Waals surface area contributed by atoms with Crippen LogP contribution in [-0.4, -0.2) is 36.1 Å². The summed E-state index contributed by atoms with van der Waals surface area (Å²) in [5, 5.41) is 7.83. The van der Waals surface area contributed by atoms with Crippen LogP contribution < -0.4 is 20.7 Å². The molecule has 0 aliphatic carbocycles. The first-order valence-electron chi connectivity index (χ1n) is 6.59. The Balaban J connectivity index is 1.90. The van der Waals surface area contributed by atoms with Gasteiger partial charge in [0.25, 0.3) is 0 Å². The Morgan fingerprint density at radius 1 is 1.60 bits per heavy atom. The summed E-state index contributed by atoms with van der Waals surface area (Å²) < 4.78 is 5.52. The van der Waals surface area contributed by atoms with Crippen molar-refractivity contribution in [2.24, 2.45) is 0 Å². The summed E-state index contributed by atoms with van der Waals surface area (Å²) in [4.78, 5) is 27.0. The molecule has 0 unspecified atom stereocenters. The number of hydrogen-bond acceptors (Lipinski definition) is 4. The van der Waals surface area contributed by atoms with Gasteiger partial charge in [-0.1, -0.05) is 13.0 Å². The number of rotatable bonds is 6. The molecule has 108 valence electrons. The van der Waals surface area contributed by atoms with Crippen molar-refractivity contribution >= 4 is 11.9 Å². The maximum absolute atomic E-state index is 11.9. The van der Waals surface area contributed by atoms with Gasteiger partial charge in [-0.05, 0) is 12.5 Å². The molecular weight excluding hydrogens is 260 g/mol. The first-order chi connectivity index (χ1) is 9.70. The number of nitrogens with one attached hydrogen (secondary N) is 3. The van der Waals surface area contributed by atoms with Gasteiger partial charge in [-0.15, -0.1) is 0 Å². The van der Waals surface area contributed by atoms with Crippen LogP contribution in [0.5, 0.6) is 5.88 Å². The van der Waals surface area contributed by atoms with Crippen LogP contribution in [0.3, 0.4) is 0 Å². The van der Waals surface area contributed by atoms with E-state index in [-0.39, 0.29) is 11.9 Å². The zero-order chi connectivity index (χ0) is 14.4. The van der Waals surface area contributed by atoms with Gasteiger partial charge in [-0.25, -0.2) is 9.78 Å². The highest BCUT2D eigenvalue weighted by molar-refractivity contribution is 5.90. The number of ether oxygens (including phenoxy) is 1. The maximum atomic E-state index is 11.9. The third-order valence-electron chi connectivity index (χ3n) is 2.83. The van der Waals surface area contributed by atoms with Crippen LogP contribution in [0.4, 0.5) is 4.79 Å². The molecule has 0 bridgehead atoms. The van der Waals surface area contributed by atoms with Crippen LogP contribution in [0.1, 0.15) is 18.9 Å². The Kier molecular flexibility index (Phi) is 4.75. The first-order valence-corrected chi connectivity index (χ1v) is 6.59. The average Bonchev–Trinajstić information content (AvgIpc) is 2.90. The second-order valence-corrected chi connectivity index (χ2v) is 4.44. The van der Waals surface area contributed by atoms with Crippen LogP contribution in [-0.2, 0) is 11.3 Å². The normalized spacial score (nSPS) is 17.2. The number of amides is 3. The minimum absolute atomic E-state index is 0.228. The van der Waals surface area contributed by atoms with Crippen LogP contribution in [0, 0.1) is 0 Å². The molecule has 3 amide bonds. The van der Waals surface area contributed by atoms with E-state index in [1.165, 1.54) is 0 Å². The fraction of sp³-hybridized carbons (Fsp3) is 0.462. The largest absolute Gasteiger partial charge is 0.477 e. The maximum Gasteiger partial charge on any atom is 0.315 e. The van der Waals surface area contributed by atoms with Crippen LogP contribution in [0.15, 0.2) is 18.3 Å². The first kappa shape index (κ1) is 14.1. The summed E-state index contributed by atoms with van der Waals surface area (Å²) >= 11 is 0. The summed E-state index contributed by atoms with van der Waals surface area (Å²) in [7, 11) is 0. The van der Waals surface area contributed by atoms with Crippen molar-refractivity contribution in [3.05, 3.63) is 23.9 Å². The van der Waals surface area contributed by atoms with Crippen LogP contribution >= 0.6 is 0 Å². The SMILES string of the molecule is CCCOc1ncccc1CNC(=O)[C@@H]1CNC(=O)N1. The van der Waals surface area contributed by atoms with E-state index in [1.807, 2.05) is 13.0 Å². The Labute approximate surface area is 117 Å². The van der Waals surface area contributed by atoms with Gasteiger partial charge in [0.2, 0.25) is 11.8 Å². The average molecular weight is 278 g/mol. The molecule has 20 heavy (non-hydrogen) atoms. The van der Waals surface area contributed by atoms with Gasteiger partial charge < -0.3 is 20.7 Å². The third-order valence-corrected chi connectivity index (χ3v) is 2.83. The van der Waals surface area contributed by atoms with Crippen LogP contribution in [0.25, 0.3) is 0 Å². The fourth-order valence-corrected chi connectivity index (χ4v) is 1.81. The highest BCUT2D eigenvalue weighted by atomic mass is 16.5. The molecule has 1 atom stereocenters. The molecule has 2 heterocycles. The molecule has 1 aliphatic heterocycles. The van der Waals surface area contributed by atoms with E-state index in [0.29, 0.717) is 25.6 Å². The van der Waals surface area contributed by atoms with E-state index in [4.69, 9.17) is 4.74 Å². The van der Waals surface area contributed by atoms with E-state index in [0.717, 1.165) is 12.0 Å². The van der Waals surface area contributed by atoms with Crippen molar-refractivity contribution in [3.63, 3.8) is 0 Å². The summed E-state index contributed by atoms with van der Waals surface area (Å²) in [6.07, 6.45) is 2.54.